The molecule has 5 heteroatoms. The van der Waals surface area contributed by atoms with Gasteiger partial charge in [0.25, 0.3) is 0 Å². The summed E-state index contributed by atoms with van der Waals surface area (Å²) in [6.45, 7) is 5.48. The van der Waals surface area contributed by atoms with Crippen molar-refractivity contribution in [1.82, 2.24) is 9.78 Å². The monoisotopic (exact) mass is 209 g/mol. The van der Waals surface area contributed by atoms with Crippen LogP contribution in [0.5, 0.6) is 0 Å². The summed E-state index contributed by atoms with van der Waals surface area (Å²) in [6.07, 6.45) is 0. The zero-order valence-corrected chi connectivity index (χ0v) is 8.97. The summed E-state index contributed by atoms with van der Waals surface area (Å²) in [5, 5.41) is 15.6. The fraction of sp³-hybridized carbons (Fsp3) is 0.556. The lowest BCUT2D eigenvalue weighted by molar-refractivity contribution is -0.0532. The summed E-state index contributed by atoms with van der Waals surface area (Å²) in [7, 11) is 0. The van der Waals surface area contributed by atoms with E-state index >= 15 is 0 Å². The first-order valence-electron chi connectivity index (χ1n) is 4.42. The molecule has 1 aromatic rings. The molecule has 0 atom stereocenters. The lowest BCUT2D eigenvalue weighted by atomic mass is 10.0. The van der Waals surface area contributed by atoms with Crippen LogP contribution >= 0.6 is 11.8 Å². The Hall–Kier alpha value is -0.990. The summed E-state index contributed by atoms with van der Waals surface area (Å²) < 4.78 is 7.55. The van der Waals surface area contributed by atoms with E-state index in [-0.39, 0.29) is 5.60 Å². The molecule has 0 fully saturated rings. The van der Waals surface area contributed by atoms with Gasteiger partial charge in [-0.3, -0.25) is 4.68 Å². The minimum Gasteiger partial charge on any atom is -0.367 e. The molecule has 0 spiro atoms. The highest BCUT2D eigenvalue weighted by Crippen LogP contribution is 2.30. The van der Waals surface area contributed by atoms with Crippen LogP contribution < -0.4 is 0 Å². The fourth-order valence-corrected chi connectivity index (χ4v) is 2.01. The first-order chi connectivity index (χ1) is 6.63. The van der Waals surface area contributed by atoms with Gasteiger partial charge in [-0.15, -0.1) is 0 Å². The molecule has 0 saturated carbocycles. The van der Waals surface area contributed by atoms with Crippen molar-refractivity contribution in [2.24, 2.45) is 0 Å². The fourth-order valence-electron chi connectivity index (χ4n) is 1.61. The maximum Gasteiger partial charge on any atom is 0.140 e. The Morgan fingerprint density at radius 2 is 2.50 bits per heavy atom. The van der Waals surface area contributed by atoms with Gasteiger partial charge < -0.3 is 4.74 Å². The van der Waals surface area contributed by atoms with Gasteiger partial charge in [0.15, 0.2) is 0 Å². The Morgan fingerprint density at radius 1 is 1.71 bits per heavy atom. The number of ether oxygens (including phenoxy) is 1. The molecule has 0 aliphatic carbocycles. The van der Waals surface area contributed by atoms with Crippen LogP contribution in [-0.4, -0.2) is 16.4 Å². The molecule has 0 radical (unpaired) electrons. The molecule has 2 heterocycles. The van der Waals surface area contributed by atoms with Crippen molar-refractivity contribution in [3.8, 4) is 5.40 Å². The molecule has 74 valence electrons. The van der Waals surface area contributed by atoms with Gasteiger partial charge in [-0.05, 0) is 19.9 Å². The number of thioether (sulfide) groups is 1. The van der Waals surface area contributed by atoms with E-state index in [9.17, 15) is 0 Å². The summed E-state index contributed by atoms with van der Waals surface area (Å²) in [5.74, 6) is 0. The molecule has 2 rings (SSSR count). The van der Waals surface area contributed by atoms with Crippen LogP contribution in [0.1, 0.15) is 19.5 Å². The number of nitrogens with zero attached hydrogens (tertiary/aromatic N) is 3. The topological polar surface area (TPSA) is 50.8 Å². The van der Waals surface area contributed by atoms with E-state index in [4.69, 9.17) is 10.00 Å². The molecular weight excluding hydrogens is 198 g/mol. The highest BCUT2D eigenvalue weighted by atomic mass is 32.2. The molecule has 0 N–H and O–H groups in total. The lowest BCUT2D eigenvalue weighted by Crippen LogP contribution is -2.33. The molecule has 0 amide bonds. The maximum absolute atomic E-state index is 8.54. The minimum atomic E-state index is -0.292. The van der Waals surface area contributed by atoms with Gasteiger partial charge >= 0.3 is 0 Å². The second kappa shape index (κ2) is 3.30. The van der Waals surface area contributed by atoms with Crippen molar-refractivity contribution in [2.45, 2.75) is 31.0 Å². The van der Waals surface area contributed by atoms with Gasteiger partial charge in [-0.2, -0.15) is 10.4 Å². The molecular formula is C9H11N3OS. The van der Waals surface area contributed by atoms with E-state index in [1.54, 1.807) is 0 Å². The molecule has 0 bridgehead atoms. The third-order valence-corrected chi connectivity index (χ3v) is 2.79. The molecule has 1 aromatic heterocycles. The van der Waals surface area contributed by atoms with Crippen LogP contribution in [0.25, 0.3) is 0 Å². The number of thiocyanates is 1. The van der Waals surface area contributed by atoms with Crippen molar-refractivity contribution < 1.29 is 4.74 Å². The maximum atomic E-state index is 8.54. The summed E-state index contributed by atoms with van der Waals surface area (Å²) in [5.41, 5.74) is 0.751. The number of hydrogen-bond donors (Lipinski definition) is 0. The standard InChI is InChI=1S/C9H11N3OS/c1-9(2)7-5-8(14-6-10)11-12(7)3-4-13-9/h5H,3-4H2,1-2H3. The normalized spacial score (nSPS) is 18.6. The van der Waals surface area contributed by atoms with E-state index in [2.05, 4.69) is 5.10 Å². The summed E-state index contributed by atoms with van der Waals surface area (Å²) >= 11 is 1.09. The predicted octanol–water partition coefficient (Wildman–Crippen LogP) is 1.72. The van der Waals surface area contributed by atoms with Crippen molar-refractivity contribution in [1.29, 1.82) is 5.26 Å². The van der Waals surface area contributed by atoms with E-state index in [1.807, 2.05) is 30.0 Å². The molecule has 0 aromatic carbocycles. The minimum absolute atomic E-state index is 0.292. The average Bonchev–Trinajstić information content (AvgIpc) is 2.49. The van der Waals surface area contributed by atoms with Crippen LogP contribution in [0.4, 0.5) is 0 Å². The Bertz CT molecular complexity index is 391. The summed E-state index contributed by atoms with van der Waals surface area (Å²) in [4.78, 5) is 0. The van der Waals surface area contributed by atoms with E-state index < -0.39 is 0 Å². The van der Waals surface area contributed by atoms with Crippen molar-refractivity contribution in [3.63, 3.8) is 0 Å². The first-order valence-corrected chi connectivity index (χ1v) is 5.23. The van der Waals surface area contributed by atoms with Crippen LogP contribution in [-0.2, 0) is 16.9 Å². The number of hydrogen-bond acceptors (Lipinski definition) is 4. The molecule has 1 aliphatic heterocycles. The molecule has 0 unspecified atom stereocenters. The quantitative estimate of drug-likeness (QED) is 0.522. The Balaban J connectivity index is 2.40. The van der Waals surface area contributed by atoms with Crippen LogP contribution in [0.2, 0.25) is 0 Å². The molecule has 4 nitrogen and oxygen atoms in total. The van der Waals surface area contributed by atoms with Gasteiger partial charge in [0.1, 0.15) is 16.0 Å². The van der Waals surface area contributed by atoms with E-state index in [0.29, 0.717) is 6.61 Å². The first kappa shape index (κ1) is 9.56. The lowest BCUT2D eigenvalue weighted by Gasteiger charge is -2.30. The Kier molecular flexibility index (Phi) is 2.25. The highest BCUT2D eigenvalue weighted by Gasteiger charge is 2.30. The SMILES string of the molecule is CC1(C)OCCn2nc(SC#N)cc21. The zero-order valence-electron chi connectivity index (χ0n) is 8.15. The number of aromatic nitrogens is 2. The van der Waals surface area contributed by atoms with Gasteiger partial charge in [0, 0.05) is 11.8 Å². The van der Waals surface area contributed by atoms with Gasteiger partial charge in [-0.1, -0.05) is 0 Å². The van der Waals surface area contributed by atoms with E-state index in [1.165, 1.54) is 0 Å². The largest absolute Gasteiger partial charge is 0.367 e. The van der Waals surface area contributed by atoms with Gasteiger partial charge in [0.2, 0.25) is 0 Å². The second-order valence-corrected chi connectivity index (χ2v) is 4.45. The Morgan fingerprint density at radius 3 is 3.14 bits per heavy atom. The molecule has 1 aliphatic rings. The van der Waals surface area contributed by atoms with Crippen LogP contribution in [0.3, 0.4) is 0 Å². The number of fused-ring (bicyclic) bond motifs is 1. The van der Waals surface area contributed by atoms with Gasteiger partial charge in [0.05, 0.1) is 18.8 Å². The number of rotatable bonds is 1. The smallest absolute Gasteiger partial charge is 0.140 e. The van der Waals surface area contributed by atoms with Crippen LogP contribution in [0.15, 0.2) is 11.1 Å². The van der Waals surface area contributed by atoms with E-state index in [0.717, 1.165) is 29.0 Å². The van der Waals surface area contributed by atoms with Crippen molar-refractivity contribution >= 4 is 11.8 Å². The predicted molar refractivity (Wildman–Crippen MR) is 52.7 cm³/mol. The Labute approximate surface area is 86.9 Å². The highest BCUT2D eigenvalue weighted by molar-refractivity contribution is 8.03. The van der Waals surface area contributed by atoms with Crippen molar-refractivity contribution in [2.75, 3.05) is 6.61 Å². The number of nitriles is 1. The van der Waals surface area contributed by atoms with Crippen molar-refractivity contribution in [3.05, 3.63) is 11.8 Å². The van der Waals surface area contributed by atoms with Crippen LogP contribution in [0, 0.1) is 10.7 Å². The average molecular weight is 209 g/mol. The molecule has 0 saturated heterocycles. The zero-order chi connectivity index (χ0) is 10.2. The third kappa shape index (κ3) is 1.51. The van der Waals surface area contributed by atoms with Gasteiger partial charge in [-0.25, -0.2) is 0 Å². The second-order valence-electron chi connectivity index (χ2n) is 3.64. The summed E-state index contributed by atoms with van der Waals surface area (Å²) in [6, 6.07) is 1.92. The third-order valence-electron chi connectivity index (χ3n) is 2.29. The molecule has 14 heavy (non-hydrogen) atoms.